The Morgan fingerprint density at radius 2 is 2.00 bits per heavy atom. The number of ether oxygens (including phenoxy) is 1. The third-order valence-electron chi connectivity index (χ3n) is 2.39. The zero-order valence-corrected chi connectivity index (χ0v) is 11.9. The fraction of sp³-hybridized carbons (Fsp3) is 0.833. The quantitative estimate of drug-likeness (QED) is 0.327. The van der Waals surface area contributed by atoms with Crippen LogP contribution in [0.1, 0.15) is 27.7 Å². The van der Waals surface area contributed by atoms with Gasteiger partial charge in [-0.3, -0.25) is 9.79 Å². The highest BCUT2D eigenvalue weighted by Gasteiger charge is 2.24. The highest BCUT2D eigenvalue weighted by atomic mass is 16.5. The molecule has 0 aromatic heterocycles. The molecule has 0 aliphatic heterocycles. The van der Waals surface area contributed by atoms with E-state index in [-0.39, 0.29) is 5.91 Å². The second-order valence-electron chi connectivity index (χ2n) is 4.57. The highest BCUT2D eigenvalue weighted by molar-refractivity contribution is 5.82. The molecule has 0 bridgehead atoms. The van der Waals surface area contributed by atoms with E-state index in [2.05, 4.69) is 15.6 Å². The number of nitrogens with one attached hydrogen (secondary N) is 2. The van der Waals surface area contributed by atoms with Crippen molar-refractivity contribution in [3.8, 4) is 0 Å². The summed E-state index contributed by atoms with van der Waals surface area (Å²) in [7, 11) is 0. The second-order valence-corrected chi connectivity index (χ2v) is 4.57. The minimum absolute atomic E-state index is 0.351. The van der Waals surface area contributed by atoms with Gasteiger partial charge in [0.15, 0.2) is 5.96 Å². The average molecular weight is 258 g/mol. The first-order valence-electron chi connectivity index (χ1n) is 6.33. The van der Waals surface area contributed by atoms with Crippen molar-refractivity contribution < 1.29 is 9.53 Å². The van der Waals surface area contributed by atoms with Gasteiger partial charge in [-0.1, -0.05) is 0 Å². The molecular weight excluding hydrogens is 232 g/mol. The molecule has 0 fully saturated rings. The number of nitrogens with zero attached hydrogens (tertiary/aromatic N) is 1. The van der Waals surface area contributed by atoms with Gasteiger partial charge in [0.05, 0.1) is 18.6 Å². The van der Waals surface area contributed by atoms with E-state index in [4.69, 9.17) is 10.5 Å². The maximum absolute atomic E-state index is 11.2. The summed E-state index contributed by atoms with van der Waals surface area (Å²) in [5.41, 5.74) is 4.66. The van der Waals surface area contributed by atoms with Crippen LogP contribution >= 0.6 is 0 Å². The lowest BCUT2D eigenvalue weighted by atomic mass is 9.93. The molecule has 0 unspecified atom stereocenters. The Hall–Kier alpha value is -1.30. The van der Waals surface area contributed by atoms with Crippen molar-refractivity contribution in [3.63, 3.8) is 0 Å². The number of primary amides is 1. The SMILES string of the molecule is CCNC(=NCC(C)(C)C(N)=O)NCCOCC. The van der Waals surface area contributed by atoms with Crippen molar-refractivity contribution in [3.05, 3.63) is 0 Å². The number of guanidine groups is 1. The van der Waals surface area contributed by atoms with Crippen LogP contribution < -0.4 is 16.4 Å². The largest absolute Gasteiger partial charge is 0.380 e. The summed E-state index contributed by atoms with van der Waals surface area (Å²) in [4.78, 5) is 15.5. The first-order valence-corrected chi connectivity index (χ1v) is 6.33. The van der Waals surface area contributed by atoms with Gasteiger partial charge >= 0.3 is 0 Å². The van der Waals surface area contributed by atoms with Crippen LogP contribution in [-0.2, 0) is 9.53 Å². The molecule has 106 valence electrons. The topological polar surface area (TPSA) is 88.7 Å². The van der Waals surface area contributed by atoms with Crippen molar-refractivity contribution in [1.82, 2.24) is 10.6 Å². The Kier molecular flexibility index (Phi) is 8.11. The zero-order chi connectivity index (χ0) is 14.0. The Balaban J connectivity index is 4.26. The van der Waals surface area contributed by atoms with Crippen LogP contribution in [0.5, 0.6) is 0 Å². The van der Waals surface area contributed by atoms with Crippen molar-refractivity contribution >= 4 is 11.9 Å². The molecule has 0 saturated heterocycles. The van der Waals surface area contributed by atoms with E-state index in [0.29, 0.717) is 32.3 Å². The lowest BCUT2D eigenvalue weighted by Gasteiger charge is -2.19. The maximum atomic E-state index is 11.2. The van der Waals surface area contributed by atoms with Gasteiger partial charge in [-0.05, 0) is 27.7 Å². The normalized spacial score (nSPS) is 12.3. The van der Waals surface area contributed by atoms with Gasteiger partial charge in [0.2, 0.25) is 5.91 Å². The Morgan fingerprint density at radius 3 is 2.50 bits per heavy atom. The monoisotopic (exact) mass is 258 g/mol. The van der Waals surface area contributed by atoms with Gasteiger partial charge in [-0.25, -0.2) is 0 Å². The molecule has 1 amide bonds. The molecule has 6 heteroatoms. The Bertz CT molecular complexity index is 277. The van der Waals surface area contributed by atoms with Gasteiger partial charge in [-0.15, -0.1) is 0 Å². The lowest BCUT2D eigenvalue weighted by Crippen LogP contribution is -2.41. The Morgan fingerprint density at radius 1 is 1.33 bits per heavy atom. The minimum atomic E-state index is -0.637. The summed E-state index contributed by atoms with van der Waals surface area (Å²) in [6.45, 7) is 10.6. The van der Waals surface area contributed by atoms with E-state index in [1.54, 1.807) is 13.8 Å². The summed E-state index contributed by atoms with van der Waals surface area (Å²) in [5.74, 6) is 0.322. The minimum Gasteiger partial charge on any atom is -0.380 e. The van der Waals surface area contributed by atoms with Crippen molar-refractivity contribution in [2.75, 3.05) is 32.8 Å². The molecule has 0 aromatic rings. The lowest BCUT2D eigenvalue weighted by molar-refractivity contribution is -0.125. The summed E-state index contributed by atoms with van der Waals surface area (Å²) in [5, 5.41) is 6.23. The molecule has 0 aliphatic rings. The molecule has 0 spiro atoms. The van der Waals surface area contributed by atoms with Crippen LogP contribution in [0.3, 0.4) is 0 Å². The standard InChI is InChI=1S/C12H26N4O2/c1-5-14-11(15-7-8-18-6-2)16-9-12(3,4)10(13)17/h5-9H2,1-4H3,(H2,13,17)(H2,14,15,16). The third-order valence-corrected chi connectivity index (χ3v) is 2.39. The number of carbonyl (C=O) groups excluding carboxylic acids is 1. The van der Waals surface area contributed by atoms with Crippen molar-refractivity contribution in [2.45, 2.75) is 27.7 Å². The molecule has 0 heterocycles. The predicted molar refractivity (Wildman–Crippen MR) is 73.4 cm³/mol. The van der Waals surface area contributed by atoms with Gasteiger partial charge in [0, 0.05) is 19.7 Å². The van der Waals surface area contributed by atoms with E-state index in [1.165, 1.54) is 0 Å². The smallest absolute Gasteiger partial charge is 0.224 e. The van der Waals surface area contributed by atoms with Crippen LogP contribution in [0.2, 0.25) is 0 Å². The van der Waals surface area contributed by atoms with Gasteiger partial charge in [0.25, 0.3) is 0 Å². The summed E-state index contributed by atoms with van der Waals surface area (Å²) < 4.78 is 5.23. The second kappa shape index (κ2) is 8.74. The number of hydrogen-bond donors (Lipinski definition) is 3. The predicted octanol–water partition coefficient (Wildman–Crippen LogP) is 0.0895. The number of aliphatic imine (C=N–C) groups is 1. The van der Waals surface area contributed by atoms with Gasteiger partial charge in [-0.2, -0.15) is 0 Å². The van der Waals surface area contributed by atoms with Gasteiger partial charge in [0.1, 0.15) is 0 Å². The van der Waals surface area contributed by atoms with E-state index < -0.39 is 5.41 Å². The fourth-order valence-corrected chi connectivity index (χ4v) is 1.08. The molecule has 0 radical (unpaired) electrons. The number of amides is 1. The van der Waals surface area contributed by atoms with E-state index >= 15 is 0 Å². The summed E-state index contributed by atoms with van der Waals surface area (Å²) in [6, 6.07) is 0. The van der Waals surface area contributed by atoms with Crippen molar-refractivity contribution in [2.24, 2.45) is 16.1 Å². The summed E-state index contributed by atoms with van der Waals surface area (Å²) >= 11 is 0. The summed E-state index contributed by atoms with van der Waals surface area (Å²) in [6.07, 6.45) is 0. The van der Waals surface area contributed by atoms with Crippen molar-refractivity contribution in [1.29, 1.82) is 0 Å². The number of carbonyl (C=O) groups is 1. The molecule has 0 aromatic carbocycles. The van der Waals surface area contributed by atoms with Crippen LogP contribution in [-0.4, -0.2) is 44.7 Å². The first kappa shape index (κ1) is 16.7. The van der Waals surface area contributed by atoms with Crippen LogP contribution in [0.25, 0.3) is 0 Å². The van der Waals surface area contributed by atoms with Gasteiger partial charge < -0.3 is 21.1 Å². The van der Waals surface area contributed by atoms with E-state index in [1.807, 2.05) is 13.8 Å². The molecule has 0 saturated carbocycles. The fourth-order valence-electron chi connectivity index (χ4n) is 1.08. The highest BCUT2D eigenvalue weighted by Crippen LogP contribution is 2.13. The molecule has 4 N–H and O–H groups in total. The molecular formula is C12H26N4O2. The van der Waals surface area contributed by atoms with Crippen LogP contribution in [0, 0.1) is 5.41 Å². The number of nitrogens with two attached hydrogens (primary N) is 1. The first-order chi connectivity index (χ1) is 8.44. The third kappa shape index (κ3) is 7.11. The zero-order valence-electron chi connectivity index (χ0n) is 11.9. The maximum Gasteiger partial charge on any atom is 0.224 e. The number of hydrogen-bond acceptors (Lipinski definition) is 3. The average Bonchev–Trinajstić information content (AvgIpc) is 2.31. The van der Waals surface area contributed by atoms with Crippen LogP contribution in [0.15, 0.2) is 4.99 Å². The number of rotatable bonds is 8. The molecule has 0 rings (SSSR count). The Labute approximate surface area is 109 Å². The molecule has 0 aliphatic carbocycles. The van der Waals surface area contributed by atoms with E-state index in [9.17, 15) is 4.79 Å². The van der Waals surface area contributed by atoms with E-state index in [0.717, 1.165) is 6.54 Å². The molecule has 0 atom stereocenters. The molecule has 6 nitrogen and oxygen atoms in total. The molecule has 18 heavy (non-hydrogen) atoms. The van der Waals surface area contributed by atoms with Crippen LogP contribution in [0.4, 0.5) is 0 Å².